The molecule has 134 valence electrons. The molecule has 0 radical (unpaired) electrons. The molecule has 1 heterocycles. The van der Waals surface area contributed by atoms with Gasteiger partial charge in [0.1, 0.15) is 0 Å². The molecule has 0 bridgehead atoms. The summed E-state index contributed by atoms with van der Waals surface area (Å²) in [6.07, 6.45) is 1.41. The Kier molecular flexibility index (Phi) is 4.04. The molecule has 0 aliphatic carbocycles. The largest absolute Gasteiger partial charge is 0.481 e. The van der Waals surface area contributed by atoms with E-state index in [1.165, 1.54) is 18.5 Å². The van der Waals surface area contributed by atoms with E-state index in [9.17, 15) is 20.0 Å². The van der Waals surface area contributed by atoms with Crippen molar-refractivity contribution in [3.63, 3.8) is 0 Å². The number of aromatic nitrogens is 2. The molecule has 1 unspecified atom stereocenters. The minimum absolute atomic E-state index is 0.0479. The van der Waals surface area contributed by atoms with Crippen molar-refractivity contribution in [2.45, 2.75) is 12.5 Å². The molecule has 7 nitrogen and oxygen atoms in total. The van der Waals surface area contributed by atoms with Crippen LogP contribution in [-0.4, -0.2) is 25.6 Å². The van der Waals surface area contributed by atoms with Gasteiger partial charge in [0.15, 0.2) is 0 Å². The number of aliphatic carboxylic acids is 1. The van der Waals surface area contributed by atoms with Crippen LogP contribution in [0.15, 0.2) is 67.0 Å². The Balaban J connectivity index is 1.85. The van der Waals surface area contributed by atoms with E-state index < -0.39 is 16.9 Å². The average Bonchev–Trinajstić information content (AvgIpc) is 3.08. The monoisotopic (exact) mass is 361 g/mol. The third-order valence-corrected chi connectivity index (χ3v) is 4.63. The number of hydrogen-bond donors (Lipinski definition) is 1. The van der Waals surface area contributed by atoms with Crippen molar-refractivity contribution in [3.8, 4) is 0 Å². The number of hydrogen-bond acceptors (Lipinski definition) is 4. The molecule has 0 saturated carbocycles. The molecule has 27 heavy (non-hydrogen) atoms. The Labute approximate surface area is 153 Å². The molecular weight excluding hydrogens is 346 g/mol. The maximum atomic E-state index is 11.5. The Bertz CT molecular complexity index is 1180. The number of non-ortho nitro benzene ring substituents is 1. The number of fused-ring (bicyclic) bond motifs is 2. The minimum Gasteiger partial charge on any atom is -0.481 e. The van der Waals surface area contributed by atoms with E-state index >= 15 is 0 Å². The molecule has 0 saturated heterocycles. The topological polar surface area (TPSA) is 98.3 Å². The fourth-order valence-electron chi connectivity index (χ4n) is 3.34. The molecule has 0 spiro atoms. The summed E-state index contributed by atoms with van der Waals surface area (Å²) in [5.41, 5.74) is 1.90. The molecule has 1 atom stereocenters. The zero-order valence-corrected chi connectivity index (χ0v) is 14.1. The van der Waals surface area contributed by atoms with Gasteiger partial charge in [-0.25, -0.2) is 4.98 Å². The second-order valence-electron chi connectivity index (χ2n) is 6.30. The fraction of sp³-hybridized carbons (Fsp3) is 0.100. The Morgan fingerprint density at radius 3 is 2.63 bits per heavy atom. The van der Waals surface area contributed by atoms with Crippen molar-refractivity contribution < 1.29 is 14.8 Å². The summed E-state index contributed by atoms with van der Waals surface area (Å²) in [6.45, 7) is 0. The summed E-state index contributed by atoms with van der Waals surface area (Å²) in [5.74, 6) is -0.933. The third kappa shape index (κ3) is 3.10. The lowest BCUT2D eigenvalue weighted by Gasteiger charge is -2.19. The van der Waals surface area contributed by atoms with Crippen LogP contribution in [0.5, 0.6) is 0 Å². The standard InChI is InChI=1S/C20H15N3O4/c24-20(25)11-19(15-6-5-13-3-1-2-4-14(13)9-15)22-12-21-17-10-16(23(26)27)7-8-18(17)22/h1-10,12,19H,11H2,(H,24,25). The Morgan fingerprint density at radius 1 is 1.11 bits per heavy atom. The van der Waals surface area contributed by atoms with Crippen LogP contribution >= 0.6 is 0 Å². The van der Waals surface area contributed by atoms with Crippen LogP contribution in [0.25, 0.3) is 21.8 Å². The molecule has 7 heteroatoms. The number of nitro benzene ring substituents is 1. The number of rotatable bonds is 5. The van der Waals surface area contributed by atoms with Gasteiger partial charge in [0.2, 0.25) is 0 Å². The summed E-state index contributed by atoms with van der Waals surface area (Å²) in [7, 11) is 0. The third-order valence-electron chi connectivity index (χ3n) is 4.63. The second-order valence-corrected chi connectivity index (χ2v) is 6.30. The number of imidazole rings is 1. The normalized spacial score (nSPS) is 12.3. The van der Waals surface area contributed by atoms with Crippen LogP contribution in [0, 0.1) is 10.1 Å². The van der Waals surface area contributed by atoms with Crippen molar-refractivity contribution in [2.24, 2.45) is 0 Å². The van der Waals surface area contributed by atoms with E-state index in [-0.39, 0.29) is 12.1 Å². The van der Waals surface area contributed by atoms with Crippen molar-refractivity contribution in [1.29, 1.82) is 0 Å². The maximum absolute atomic E-state index is 11.5. The SMILES string of the molecule is O=C(O)CC(c1ccc2ccccc2c1)n1cnc2cc([N+](=O)[O-])ccc21. The average molecular weight is 361 g/mol. The summed E-state index contributed by atoms with van der Waals surface area (Å²) in [5, 5.41) is 22.5. The quantitative estimate of drug-likeness (QED) is 0.425. The van der Waals surface area contributed by atoms with Crippen molar-refractivity contribution in [1.82, 2.24) is 9.55 Å². The number of benzene rings is 3. The van der Waals surface area contributed by atoms with E-state index in [0.717, 1.165) is 16.3 Å². The minimum atomic E-state index is -0.933. The Morgan fingerprint density at radius 2 is 1.89 bits per heavy atom. The van der Waals surface area contributed by atoms with Gasteiger partial charge in [0.05, 0.1) is 34.7 Å². The van der Waals surface area contributed by atoms with Gasteiger partial charge >= 0.3 is 5.97 Å². The summed E-state index contributed by atoms with van der Waals surface area (Å²) >= 11 is 0. The predicted molar refractivity (Wildman–Crippen MR) is 101 cm³/mol. The first-order valence-corrected chi connectivity index (χ1v) is 8.34. The highest BCUT2D eigenvalue weighted by Crippen LogP contribution is 2.30. The van der Waals surface area contributed by atoms with Crippen LogP contribution in [-0.2, 0) is 4.79 Å². The first-order chi connectivity index (χ1) is 13.0. The first-order valence-electron chi connectivity index (χ1n) is 8.34. The highest BCUT2D eigenvalue weighted by atomic mass is 16.6. The van der Waals surface area contributed by atoms with Gasteiger partial charge in [0, 0.05) is 12.1 Å². The van der Waals surface area contributed by atoms with Crippen molar-refractivity contribution >= 4 is 33.5 Å². The molecule has 0 fully saturated rings. The van der Waals surface area contributed by atoms with Crippen molar-refractivity contribution in [3.05, 3.63) is 82.7 Å². The summed E-state index contributed by atoms with van der Waals surface area (Å²) in [6, 6.07) is 17.6. The van der Waals surface area contributed by atoms with Crippen LogP contribution in [0.1, 0.15) is 18.0 Å². The maximum Gasteiger partial charge on any atom is 0.305 e. The molecule has 3 aromatic carbocycles. The number of nitrogens with zero attached hydrogens (tertiary/aromatic N) is 3. The number of nitro groups is 1. The number of carboxylic acids is 1. The van der Waals surface area contributed by atoms with Crippen LogP contribution in [0.4, 0.5) is 5.69 Å². The second kappa shape index (κ2) is 6.53. The summed E-state index contributed by atoms with van der Waals surface area (Å²) in [4.78, 5) is 26.2. The molecule has 1 aromatic heterocycles. The molecule has 4 rings (SSSR count). The van der Waals surface area contributed by atoms with Gasteiger partial charge in [-0.15, -0.1) is 0 Å². The lowest BCUT2D eigenvalue weighted by atomic mass is 9.99. The summed E-state index contributed by atoms with van der Waals surface area (Å²) < 4.78 is 1.76. The van der Waals surface area contributed by atoms with Gasteiger partial charge in [0.25, 0.3) is 5.69 Å². The fourth-order valence-corrected chi connectivity index (χ4v) is 3.34. The van der Waals surface area contributed by atoms with Crippen LogP contribution in [0.2, 0.25) is 0 Å². The van der Waals surface area contributed by atoms with Gasteiger partial charge < -0.3 is 9.67 Å². The lowest BCUT2D eigenvalue weighted by Crippen LogP contribution is -2.14. The van der Waals surface area contributed by atoms with Gasteiger partial charge in [-0.05, 0) is 28.5 Å². The van der Waals surface area contributed by atoms with Crippen LogP contribution < -0.4 is 0 Å². The van der Waals surface area contributed by atoms with Gasteiger partial charge in [-0.2, -0.15) is 0 Å². The smallest absolute Gasteiger partial charge is 0.305 e. The molecule has 0 amide bonds. The lowest BCUT2D eigenvalue weighted by molar-refractivity contribution is -0.384. The molecule has 0 aliphatic rings. The highest BCUT2D eigenvalue weighted by molar-refractivity contribution is 5.84. The van der Waals surface area contributed by atoms with E-state index in [1.54, 1.807) is 10.6 Å². The molecule has 1 N–H and O–H groups in total. The van der Waals surface area contributed by atoms with Crippen LogP contribution in [0.3, 0.4) is 0 Å². The molecule has 4 aromatic rings. The zero-order valence-electron chi connectivity index (χ0n) is 14.1. The predicted octanol–water partition coefficient (Wildman–Crippen LogP) is 4.16. The Hall–Kier alpha value is -3.74. The van der Waals surface area contributed by atoms with E-state index in [2.05, 4.69) is 4.98 Å². The highest BCUT2D eigenvalue weighted by Gasteiger charge is 2.21. The van der Waals surface area contributed by atoms with Gasteiger partial charge in [-0.1, -0.05) is 36.4 Å². The first kappa shape index (κ1) is 16.7. The molecule has 0 aliphatic heterocycles. The molecular formula is C20H15N3O4. The number of carboxylic acid groups (broad SMARTS) is 1. The van der Waals surface area contributed by atoms with E-state index in [4.69, 9.17) is 0 Å². The van der Waals surface area contributed by atoms with Gasteiger partial charge in [-0.3, -0.25) is 14.9 Å². The number of carbonyl (C=O) groups is 1. The zero-order chi connectivity index (χ0) is 19.0. The van der Waals surface area contributed by atoms with E-state index in [0.29, 0.717) is 11.0 Å². The van der Waals surface area contributed by atoms with Crippen molar-refractivity contribution in [2.75, 3.05) is 0 Å². The van der Waals surface area contributed by atoms with E-state index in [1.807, 2.05) is 42.5 Å².